The second kappa shape index (κ2) is 7.23. The van der Waals surface area contributed by atoms with E-state index in [9.17, 15) is 0 Å². The summed E-state index contributed by atoms with van der Waals surface area (Å²) < 4.78 is 0. The first-order valence-electron chi connectivity index (χ1n) is 7.25. The number of rotatable bonds is 4. The Labute approximate surface area is 132 Å². The van der Waals surface area contributed by atoms with Crippen LogP contribution >= 0.6 is 12.2 Å². The van der Waals surface area contributed by atoms with Crippen LogP contribution in [0.5, 0.6) is 0 Å². The number of anilines is 1. The van der Waals surface area contributed by atoms with Gasteiger partial charge in [-0.3, -0.25) is 0 Å². The van der Waals surface area contributed by atoms with E-state index < -0.39 is 0 Å². The molecule has 0 aliphatic heterocycles. The number of thiocarbonyl (C=S) groups is 1. The molecule has 0 heterocycles. The van der Waals surface area contributed by atoms with Crippen molar-refractivity contribution in [2.75, 3.05) is 5.32 Å². The van der Waals surface area contributed by atoms with Crippen LogP contribution in [0.4, 0.5) is 5.69 Å². The topological polar surface area (TPSA) is 24.1 Å². The van der Waals surface area contributed by atoms with Gasteiger partial charge in [0.15, 0.2) is 5.11 Å². The van der Waals surface area contributed by atoms with Crippen LogP contribution in [0.3, 0.4) is 0 Å². The van der Waals surface area contributed by atoms with Crippen molar-refractivity contribution in [1.29, 1.82) is 0 Å². The largest absolute Gasteiger partial charge is 0.358 e. The standard InChI is InChI=1S/C18H22N2S/c1-13(2)16-6-4-5-7-17(16)20-18(21)19-12-15-10-8-14(3)9-11-15/h4-11,13H,12H2,1-3H3,(H2,19,20,21). The first-order chi connectivity index (χ1) is 10.1. The second-order valence-corrected chi connectivity index (χ2v) is 5.94. The van der Waals surface area contributed by atoms with Gasteiger partial charge in [0.05, 0.1) is 0 Å². The van der Waals surface area contributed by atoms with Crippen molar-refractivity contribution in [3.63, 3.8) is 0 Å². The summed E-state index contributed by atoms with van der Waals surface area (Å²) in [4.78, 5) is 0. The predicted octanol–water partition coefficient (Wildman–Crippen LogP) is 4.61. The van der Waals surface area contributed by atoms with Crippen molar-refractivity contribution in [3.8, 4) is 0 Å². The minimum absolute atomic E-state index is 0.466. The van der Waals surface area contributed by atoms with Gasteiger partial charge in [-0.15, -0.1) is 0 Å². The Morgan fingerprint density at radius 1 is 1.05 bits per heavy atom. The molecule has 0 saturated carbocycles. The van der Waals surface area contributed by atoms with E-state index in [1.54, 1.807) is 0 Å². The number of aryl methyl sites for hydroxylation is 1. The summed E-state index contributed by atoms with van der Waals surface area (Å²) in [6.45, 7) is 7.19. The number of para-hydroxylation sites is 1. The molecule has 0 bridgehead atoms. The molecule has 0 atom stereocenters. The van der Waals surface area contributed by atoms with E-state index in [4.69, 9.17) is 12.2 Å². The van der Waals surface area contributed by atoms with Crippen molar-refractivity contribution in [2.24, 2.45) is 0 Å². The normalized spacial score (nSPS) is 10.5. The van der Waals surface area contributed by atoms with Gasteiger partial charge < -0.3 is 10.6 Å². The summed E-state index contributed by atoms with van der Waals surface area (Å²) in [5, 5.41) is 7.20. The average molecular weight is 298 g/mol. The molecular formula is C18H22N2S. The predicted molar refractivity (Wildman–Crippen MR) is 94.8 cm³/mol. The van der Waals surface area contributed by atoms with Gasteiger partial charge in [-0.25, -0.2) is 0 Å². The number of hydrogen-bond donors (Lipinski definition) is 2. The van der Waals surface area contributed by atoms with Crippen molar-refractivity contribution < 1.29 is 0 Å². The summed E-state index contributed by atoms with van der Waals surface area (Å²) in [5.41, 5.74) is 4.85. The highest BCUT2D eigenvalue weighted by molar-refractivity contribution is 7.80. The molecule has 2 nitrogen and oxygen atoms in total. The van der Waals surface area contributed by atoms with E-state index in [1.807, 2.05) is 6.07 Å². The monoisotopic (exact) mass is 298 g/mol. The molecule has 0 aliphatic rings. The highest BCUT2D eigenvalue weighted by Crippen LogP contribution is 2.23. The van der Waals surface area contributed by atoms with Gasteiger partial charge >= 0.3 is 0 Å². The van der Waals surface area contributed by atoms with E-state index in [0.717, 1.165) is 12.2 Å². The molecule has 0 fully saturated rings. The van der Waals surface area contributed by atoms with Gasteiger partial charge in [0.2, 0.25) is 0 Å². The summed E-state index contributed by atoms with van der Waals surface area (Å²) >= 11 is 5.38. The maximum atomic E-state index is 5.38. The van der Waals surface area contributed by atoms with Gasteiger partial charge in [-0.2, -0.15) is 0 Å². The Balaban J connectivity index is 1.94. The lowest BCUT2D eigenvalue weighted by Gasteiger charge is -2.16. The molecule has 0 spiro atoms. The smallest absolute Gasteiger partial charge is 0.171 e. The molecule has 2 rings (SSSR count). The van der Waals surface area contributed by atoms with Crippen LogP contribution < -0.4 is 10.6 Å². The number of benzene rings is 2. The summed E-state index contributed by atoms with van der Waals surface area (Å²) in [7, 11) is 0. The van der Waals surface area contributed by atoms with Crippen LogP contribution in [0.25, 0.3) is 0 Å². The maximum absolute atomic E-state index is 5.38. The number of nitrogens with one attached hydrogen (secondary N) is 2. The summed E-state index contributed by atoms with van der Waals surface area (Å²) in [6, 6.07) is 16.7. The second-order valence-electron chi connectivity index (χ2n) is 5.54. The molecule has 2 aromatic rings. The molecule has 0 radical (unpaired) electrons. The van der Waals surface area contributed by atoms with Gasteiger partial charge in [-0.1, -0.05) is 61.9 Å². The zero-order chi connectivity index (χ0) is 15.2. The zero-order valence-corrected chi connectivity index (χ0v) is 13.6. The molecule has 3 heteroatoms. The molecule has 0 saturated heterocycles. The molecule has 2 N–H and O–H groups in total. The summed E-state index contributed by atoms with van der Waals surface area (Å²) in [5.74, 6) is 0.466. The minimum atomic E-state index is 0.466. The van der Waals surface area contributed by atoms with Gasteiger partial charge in [0, 0.05) is 12.2 Å². The third kappa shape index (κ3) is 4.57. The van der Waals surface area contributed by atoms with Gasteiger partial charge in [0.25, 0.3) is 0 Å². The highest BCUT2D eigenvalue weighted by atomic mass is 32.1. The van der Waals surface area contributed by atoms with Crippen molar-refractivity contribution >= 4 is 23.0 Å². The summed E-state index contributed by atoms with van der Waals surface area (Å²) in [6.07, 6.45) is 0. The highest BCUT2D eigenvalue weighted by Gasteiger charge is 2.06. The fourth-order valence-electron chi connectivity index (χ4n) is 2.17. The molecule has 0 aromatic heterocycles. The zero-order valence-electron chi connectivity index (χ0n) is 12.8. The molecule has 0 unspecified atom stereocenters. The first-order valence-corrected chi connectivity index (χ1v) is 7.66. The lowest BCUT2D eigenvalue weighted by molar-refractivity contribution is 0.868. The van der Waals surface area contributed by atoms with E-state index in [0.29, 0.717) is 11.0 Å². The molecular weight excluding hydrogens is 276 g/mol. The minimum Gasteiger partial charge on any atom is -0.358 e. The van der Waals surface area contributed by atoms with E-state index >= 15 is 0 Å². The van der Waals surface area contributed by atoms with Crippen LogP contribution in [-0.2, 0) is 6.54 Å². The fourth-order valence-corrected chi connectivity index (χ4v) is 2.35. The third-order valence-electron chi connectivity index (χ3n) is 3.40. The SMILES string of the molecule is Cc1ccc(CNC(=S)Nc2ccccc2C(C)C)cc1. The Bertz CT molecular complexity index is 603. The molecule has 2 aromatic carbocycles. The fraction of sp³-hybridized carbons (Fsp3) is 0.278. The lowest BCUT2D eigenvalue weighted by atomic mass is 10.0. The van der Waals surface area contributed by atoms with Crippen LogP contribution in [0.1, 0.15) is 36.5 Å². The van der Waals surface area contributed by atoms with Crippen LogP contribution in [0.2, 0.25) is 0 Å². The van der Waals surface area contributed by atoms with E-state index in [2.05, 4.69) is 73.9 Å². The van der Waals surface area contributed by atoms with Crippen molar-refractivity contribution in [3.05, 3.63) is 65.2 Å². The Hall–Kier alpha value is -1.87. The van der Waals surface area contributed by atoms with Crippen LogP contribution in [-0.4, -0.2) is 5.11 Å². The molecule has 0 aliphatic carbocycles. The van der Waals surface area contributed by atoms with Crippen LogP contribution in [0, 0.1) is 6.92 Å². The van der Waals surface area contributed by atoms with E-state index in [1.165, 1.54) is 16.7 Å². The Kier molecular flexibility index (Phi) is 5.34. The quantitative estimate of drug-likeness (QED) is 0.806. The van der Waals surface area contributed by atoms with E-state index in [-0.39, 0.29) is 0 Å². The maximum Gasteiger partial charge on any atom is 0.171 e. The average Bonchev–Trinajstić information content (AvgIpc) is 2.47. The van der Waals surface area contributed by atoms with Gasteiger partial charge in [-0.05, 0) is 42.3 Å². The van der Waals surface area contributed by atoms with Crippen molar-refractivity contribution in [2.45, 2.75) is 33.2 Å². The molecule has 21 heavy (non-hydrogen) atoms. The first kappa shape index (κ1) is 15.5. The molecule has 110 valence electrons. The lowest BCUT2D eigenvalue weighted by Crippen LogP contribution is -2.28. The third-order valence-corrected chi connectivity index (χ3v) is 3.65. The Morgan fingerprint density at radius 2 is 1.71 bits per heavy atom. The number of hydrogen-bond acceptors (Lipinski definition) is 1. The Morgan fingerprint density at radius 3 is 2.38 bits per heavy atom. The molecule has 0 amide bonds. The van der Waals surface area contributed by atoms with Crippen molar-refractivity contribution in [1.82, 2.24) is 5.32 Å². The van der Waals surface area contributed by atoms with Gasteiger partial charge in [0.1, 0.15) is 0 Å². The van der Waals surface area contributed by atoms with Crippen LogP contribution in [0.15, 0.2) is 48.5 Å².